The van der Waals surface area contributed by atoms with Gasteiger partial charge in [-0.3, -0.25) is 9.55 Å². The summed E-state index contributed by atoms with van der Waals surface area (Å²) in [5, 5.41) is -0.178. The Balaban J connectivity index is 2.56. The first-order chi connectivity index (χ1) is 7.09. The largest absolute Gasteiger partial charge is 0.462 e. The van der Waals surface area contributed by atoms with Gasteiger partial charge in [0.25, 0.3) is 0 Å². The van der Waals surface area contributed by atoms with Crippen molar-refractivity contribution in [3.63, 3.8) is 0 Å². The second kappa shape index (κ2) is 3.58. The Bertz CT molecular complexity index is 504. The summed E-state index contributed by atoms with van der Waals surface area (Å²) >= 11 is 0. The third-order valence-corrected chi connectivity index (χ3v) is 2.73. The first-order valence-electron chi connectivity index (χ1n) is 3.99. The minimum Gasteiger partial charge on any atom is -0.462 e. The summed E-state index contributed by atoms with van der Waals surface area (Å²) in [7, 11) is -4.33. The van der Waals surface area contributed by atoms with Crippen molar-refractivity contribution in [1.82, 2.24) is 9.97 Å². The van der Waals surface area contributed by atoms with E-state index in [1.807, 2.05) is 0 Å². The average Bonchev–Trinajstić information content (AvgIpc) is 2.67. The van der Waals surface area contributed by atoms with Gasteiger partial charge in [0.05, 0.1) is 12.5 Å². The standard InChI is InChI=1S/C8H7N2O4P/c11-15(12,13)7-1-4-14-8(7)6-5-9-2-3-10-6/h1-5H,(H2,11,12,13). The first kappa shape index (κ1) is 10.0. The van der Waals surface area contributed by atoms with E-state index in [1.54, 1.807) is 0 Å². The van der Waals surface area contributed by atoms with E-state index in [-0.39, 0.29) is 11.1 Å². The smallest absolute Gasteiger partial charge is 0.360 e. The SMILES string of the molecule is O=P(O)(O)c1ccoc1-c1cnccn1. The van der Waals surface area contributed by atoms with Crippen LogP contribution in [-0.2, 0) is 4.57 Å². The van der Waals surface area contributed by atoms with Crippen LogP contribution in [0.2, 0.25) is 0 Å². The van der Waals surface area contributed by atoms with Gasteiger partial charge in [-0.25, -0.2) is 4.98 Å². The Morgan fingerprint density at radius 2 is 2.13 bits per heavy atom. The third kappa shape index (κ3) is 1.97. The van der Waals surface area contributed by atoms with Crippen LogP contribution in [0.4, 0.5) is 0 Å². The summed E-state index contributed by atoms with van der Waals surface area (Å²) in [5.74, 6) is 0.0523. The molecule has 2 aromatic heterocycles. The maximum absolute atomic E-state index is 11.1. The van der Waals surface area contributed by atoms with Crippen LogP contribution in [-0.4, -0.2) is 19.8 Å². The van der Waals surface area contributed by atoms with Gasteiger partial charge in [0, 0.05) is 12.4 Å². The monoisotopic (exact) mass is 226 g/mol. The molecule has 2 heterocycles. The van der Waals surface area contributed by atoms with Crippen LogP contribution in [0.3, 0.4) is 0 Å². The van der Waals surface area contributed by atoms with Crippen LogP contribution >= 0.6 is 7.60 Å². The van der Waals surface area contributed by atoms with Crippen LogP contribution < -0.4 is 5.30 Å². The van der Waals surface area contributed by atoms with Crippen molar-refractivity contribution >= 4 is 12.9 Å². The molecular weight excluding hydrogens is 219 g/mol. The summed E-state index contributed by atoms with van der Waals surface area (Å²) in [5.41, 5.74) is 0.292. The summed E-state index contributed by atoms with van der Waals surface area (Å²) in [6.07, 6.45) is 5.46. The van der Waals surface area contributed by atoms with Gasteiger partial charge in [-0.15, -0.1) is 0 Å². The Morgan fingerprint density at radius 1 is 1.33 bits per heavy atom. The van der Waals surface area contributed by atoms with Gasteiger partial charge in [0.15, 0.2) is 5.76 Å². The molecule has 0 spiro atoms. The second-order valence-corrected chi connectivity index (χ2v) is 4.34. The minimum absolute atomic E-state index is 0.0523. The lowest BCUT2D eigenvalue weighted by Crippen LogP contribution is -2.04. The highest BCUT2D eigenvalue weighted by molar-refractivity contribution is 7.60. The highest BCUT2D eigenvalue weighted by Crippen LogP contribution is 2.37. The molecule has 0 radical (unpaired) electrons. The van der Waals surface area contributed by atoms with Crippen LogP contribution in [0, 0.1) is 0 Å². The highest BCUT2D eigenvalue weighted by atomic mass is 31.2. The molecule has 0 unspecified atom stereocenters. The molecule has 2 aromatic rings. The molecule has 6 nitrogen and oxygen atoms in total. The van der Waals surface area contributed by atoms with E-state index in [9.17, 15) is 4.57 Å². The van der Waals surface area contributed by atoms with Gasteiger partial charge < -0.3 is 14.2 Å². The van der Waals surface area contributed by atoms with E-state index in [4.69, 9.17) is 14.2 Å². The predicted molar refractivity (Wildman–Crippen MR) is 51.4 cm³/mol. The fraction of sp³-hybridized carbons (Fsp3) is 0. The molecular formula is C8H7N2O4P. The lowest BCUT2D eigenvalue weighted by molar-refractivity contribution is 0.387. The molecule has 0 bridgehead atoms. The topological polar surface area (TPSA) is 96.5 Å². The molecule has 0 saturated carbocycles. The fourth-order valence-corrected chi connectivity index (χ4v) is 1.83. The molecule has 2 N–H and O–H groups in total. The summed E-state index contributed by atoms with van der Waals surface area (Å²) in [6.45, 7) is 0. The molecule has 0 aromatic carbocycles. The molecule has 0 atom stereocenters. The number of rotatable bonds is 2. The van der Waals surface area contributed by atoms with Gasteiger partial charge in [-0.2, -0.15) is 0 Å². The number of hydrogen-bond donors (Lipinski definition) is 2. The number of furan rings is 1. The number of nitrogens with zero attached hydrogens (tertiary/aromatic N) is 2. The van der Waals surface area contributed by atoms with E-state index < -0.39 is 7.60 Å². The zero-order chi connectivity index (χ0) is 10.9. The molecule has 78 valence electrons. The molecule has 7 heteroatoms. The normalized spacial score (nSPS) is 11.6. The van der Waals surface area contributed by atoms with Gasteiger partial charge >= 0.3 is 7.60 Å². The van der Waals surface area contributed by atoms with E-state index in [0.717, 1.165) is 0 Å². The van der Waals surface area contributed by atoms with Gasteiger partial charge in [0.1, 0.15) is 11.0 Å². The summed E-state index contributed by atoms with van der Waals surface area (Å²) < 4.78 is 16.1. The van der Waals surface area contributed by atoms with Crippen molar-refractivity contribution in [3.05, 3.63) is 30.9 Å². The number of hydrogen-bond acceptors (Lipinski definition) is 4. The Hall–Kier alpha value is -1.49. The zero-order valence-electron chi connectivity index (χ0n) is 7.44. The van der Waals surface area contributed by atoms with Gasteiger partial charge in [-0.05, 0) is 6.07 Å². The summed E-state index contributed by atoms with van der Waals surface area (Å²) in [4.78, 5) is 25.7. The second-order valence-electron chi connectivity index (χ2n) is 2.77. The highest BCUT2D eigenvalue weighted by Gasteiger charge is 2.25. The fourth-order valence-electron chi connectivity index (χ4n) is 1.14. The Morgan fingerprint density at radius 3 is 2.73 bits per heavy atom. The average molecular weight is 226 g/mol. The number of aromatic nitrogens is 2. The van der Waals surface area contributed by atoms with Crippen LogP contribution in [0.1, 0.15) is 0 Å². The quantitative estimate of drug-likeness (QED) is 0.725. The van der Waals surface area contributed by atoms with Gasteiger partial charge in [0.2, 0.25) is 0 Å². The van der Waals surface area contributed by atoms with E-state index in [2.05, 4.69) is 9.97 Å². The molecule has 0 aliphatic carbocycles. The lowest BCUT2D eigenvalue weighted by Gasteiger charge is -2.02. The maximum Gasteiger partial charge on any atom is 0.360 e. The Kier molecular flexibility index (Phi) is 2.40. The van der Waals surface area contributed by atoms with Crippen molar-refractivity contribution in [3.8, 4) is 11.5 Å². The van der Waals surface area contributed by atoms with Crippen LogP contribution in [0.5, 0.6) is 0 Å². The third-order valence-electron chi connectivity index (χ3n) is 1.75. The van der Waals surface area contributed by atoms with E-state index in [1.165, 1.54) is 30.9 Å². The van der Waals surface area contributed by atoms with E-state index >= 15 is 0 Å². The molecule has 2 rings (SSSR count). The summed E-state index contributed by atoms with van der Waals surface area (Å²) in [6, 6.07) is 1.23. The van der Waals surface area contributed by atoms with Crippen molar-refractivity contribution in [2.75, 3.05) is 0 Å². The van der Waals surface area contributed by atoms with Gasteiger partial charge in [-0.1, -0.05) is 0 Å². The van der Waals surface area contributed by atoms with Crippen LogP contribution in [0.25, 0.3) is 11.5 Å². The Labute approximate surface area is 84.8 Å². The van der Waals surface area contributed by atoms with E-state index in [0.29, 0.717) is 5.69 Å². The maximum atomic E-state index is 11.1. The minimum atomic E-state index is -4.33. The molecule has 15 heavy (non-hydrogen) atoms. The molecule has 0 saturated heterocycles. The van der Waals surface area contributed by atoms with Crippen molar-refractivity contribution in [1.29, 1.82) is 0 Å². The molecule has 0 aliphatic rings. The molecule has 0 aliphatic heterocycles. The molecule has 0 amide bonds. The first-order valence-corrected chi connectivity index (χ1v) is 5.60. The van der Waals surface area contributed by atoms with Crippen molar-refractivity contribution < 1.29 is 18.8 Å². The lowest BCUT2D eigenvalue weighted by atomic mass is 10.3. The predicted octanol–water partition coefficient (Wildman–Crippen LogP) is 0.540. The van der Waals surface area contributed by atoms with Crippen LogP contribution in [0.15, 0.2) is 35.3 Å². The zero-order valence-corrected chi connectivity index (χ0v) is 8.33. The van der Waals surface area contributed by atoms with Crippen molar-refractivity contribution in [2.24, 2.45) is 0 Å². The van der Waals surface area contributed by atoms with Crippen molar-refractivity contribution in [2.45, 2.75) is 0 Å². The molecule has 0 fully saturated rings.